The van der Waals surface area contributed by atoms with Crippen LogP contribution in [0.3, 0.4) is 0 Å². The van der Waals surface area contributed by atoms with E-state index in [9.17, 15) is 13.2 Å². The minimum atomic E-state index is -3.71. The van der Waals surface area contributed by atoms with Gasteiger partial charge in [-0.2, -0.15) is 4.72 Å². The number of aryl methyl sites for hydroxylation is 2. The van der Waals surface area contributed by atoms with Gasteiger partial charge in [0, 0.05) is 6.54 Å². The topological polar surface area (TPSA) is 75.3 Å². The van der Waals surface area contributed by atoms with Crippen LogP contribution in [0.15, 0.2) is 11.0 Å². The molecule has 1 fully saturated rings. The number of rotatable bonds is 3. The maximum absolute atomic E-state index is 12.7. The lowest BCUT2D eigenvalue weighted by Crippen LogP contribution is -2.50. The molecule has 1 saturated heterocycles. The summed E-state index contributed by atoms with van der Waals surface area (Å²) in [5, 5.41) is 2.69. The van der Waals surface area contributed by atoms with Crippen molar-refractivity contribution in [1.29, 1.82) is 0 Å². The van der Waals surface area contributed by atoms with Crippen LogP contribution >= 0.6 is 0 Å². The summed E-state index contributed by atoms with van der Waals surface area (Å²) in [6.45, 7) is 8.01. The van der Waals surface area contributed by atoms with Gasteiger partial charge in [0.05, 0.1) is 4.90 Å². The molecule has 1 aromatic carbocycles. The van der Waals surface area contributed by atoms with Crippen molar-refractivity contribution >= 4 is 15.9 Å². The molecule has 0 aromatic heterocycles. The van der Waals surface area contributed by atoms with Gasteiger partial charge < -0.3 is 5.32 Å². The van der Waals surface area contributed by atoms with Crippen molar-refractivity contribution in [3.05, 3.63) is 28.3 Å². The standard InChI is InChI=1S/C15H22N2O3S/c1-9-8-10(2)12(4)14(11(9)3)21(19,20)17-13-6-5-7-16-15(13)18/h8,13,17H,5-7H2,1-4H3,(H,16,18)/t13-/m1/s1. The first kappa shape index (κ1) is 16.0. The maximum atomic E-state index is 12.7. The van der Waals surface area contributed by atoms with E-state index in [4.69, 9.17) is 0 Å². The molecule has 5 nitrogen and oxygen atoms in total. The molecule has 0 radical (unpaired) electrons. The van der Waals surface area contributed by atoms with Crippen LogP contribution in [0.1, 0.15) is 35.1 Å². The Labute approximate surface area is 126 Å². The van der Waals surface area contributed by atoms with E-state index in [-0.39, 0.29) is 5.91 Å². The van der Waals surface area contributed by atoms with Crippen molar-refractivity contribution < 1.29 is 13.2 Å². The molecule has 1 aliphatic heterocycles. The molecular weight excluding hydrogens is 288 g/mol. The van der Waals surface area contributed by atoms with Gasteiger partial charge in [0.15, 0.2) is 0 Å². The first-order valence-corrected chi connectivity index (χ1v) is 8.60. The summed E-state index contributed by atoms with van der Waals surface area (Å²) in [6, 6.07) is 1.31. The average molecular weight is 310 g/mol. The van der Waals surface area contributed by atoms with Crippen molar-refractivity contribution in [2.24, 2.45) is 0 Å². The van der Waals surface area contributed by atoms with Crippen LogP contribution in [-0.4, -0.2) is 26.9 Å². The number of piperidine rings is 1. The molecule has 2 rings (SSSR count). The molecule has 21 heavy (non-hydrogen) atoms. The van der Waals surface area contributed by atoms with E-state index in [1.54, 1.807) is 13.8 Å². The van der Waals surface area contributed by atoms with Crippen LogP contribution in [0.4, 0.5) is 0 Å². The Kier molecular flexibility index (Phi) is 4.39. The number of amides is 1. The number of benzene rings is 1. The molecule has 0 saturated carbocycles. The highest BCUT2D eigenvalue weighted by atomic mass is 32.2. The normalized spacial score (nSPS) is 19.4. The zero-order chi connectivity index (χ0) is 15.8. The van der Waals surface area contributed by atoms with E-state index in [2.05, 4.69) is 10.0 Å². The van der Waals surface area contributed by atoms with E-state index in [0.29, 0.717) is 17.9 Å². The van der Waals surface area contributed by atoms with Crippen LogP contribution in [-0.2, 0) is 14.8 Å². The Balaban J connectivity index is 2.43. The third kappa shape index (κ3) is 3.11. The summed E-state index contributed by atoms with van der Waals surface area (Å²) in [5.74, 6) is -0.246. The van der Waals surface area contributed by atoms with Crippen LogP contribution in [0, 0.1) is 27.7 Å². The lowest BCUT2D eigenvalue weighted by Gasteiger charge is -2.24. The molecule has 1 heterocycles. The summed E-state index contributed by atoms with van der Waals surface area (Å²) in [7, 11) is -3.71. The van der Waals surface area contributed by atoms with E-state index in [1.165, 1.54) is 0 Å². The van der Waals surface area contributed by atoms with Crippen LogP contribution in [0.25, 0.3) is 0 Å². The van der Waals surface area contributed by atoms with E-state index in [0.717, 1.165) is 28.7 Å². The quantitative estimate of drug-likeness (QED) is 0.888. The molecule has 6 heteroatoms. The van der Waals surface area contributed by atoms with Gasteiger partial charge in [0.25, 0.3) is 0 Å². The number of hydrogen-bond acceptors (Lipinski definition) is 3. The Morgan fingerprint density at radius 2 is 1.71 bits per heavy atom. The maximum Gasteiger partial charge on any atom is 0.241 e. The molecule has 0 spiro atoms. The molecule has 1 amide bonds. The van der Waals surface area contributed by atoms with Crippen molar-refractivity contribution in [3.8, 4) is 0 Å². The number of carbonyl (C=O) groups excluding carboxylic acids is 1. The van der Waals surface area contributed by atoms with Gasteiger partial charge in [-0.15, -0.1) is 0 Å². The Morgan fingerprint density at radius 3 is 2.24 bits per heavy atom. The largest absolute Gasteiger partial charge is 0.355 e. The first-order chi connectivity index (χ1) is 9.74. The molecule has 0 aliphatic carbocycles. The Hall–Kier alpha value is -1.40. The van der Waals surface area contributed by atoms with E-state index >= 15 is 0 Å². The summed E-state index contributed by atoms with van der Waals surface area (Å²) >= 11 is 0. The predicted molar refractivity (Wildman–Crippen MR) is 81.7 cm³/mol. The zero-order valence-corrected chi connectivity index (χ0v) is 13.7. The molecule has 1 atom stereocenters. The Bertz CT molecular complexity index is 654. The van der Waals surface area contributed by atoms with Crippen LogP contribution in [0.5, 0.6) is 0 Å². The SMILES string of the molecule is Cc1cc(C)c(C)c(S(=O)(=O)N[C@@H]2CCCNC2=O)c1C. The van der Waals surface area contributed by atoms with E-state index in [1.807, 2.05) is 19.9 Å². The highest BCUT2D eigenvalue weighted by Crippen LogP contribution is 2.26. The van der Waals surface area contributed by atoms with Gasteiger partial charge in [-0.05, 0) is 62.8 Å². The highest BCUT2D eigenvalue weighted by molar-refractivity contribution is 7.89. The van der Waals surface area contributed by atoms with E-state index < -0.39 is 16.1 Å². The average Bonchev–Trinajstić information content (AvgIpc) is 2.39. The van der Waals surface area contributed by atoms with Gasteiger partial charge in [-0.3, -0.25) is 4.79 Å². The van der Waals surface area contributed by atoms with Gasteiger partial charge in [0.1, 0.15) is 6.04 Å². The fraction of sp³-hybridized carbons (Fsp3) is 0.533. The second-order valence-electron chi connectivity index (χ2n) is 5.70. The minimum Gasteiger partial charge on any atom is -0.355 e. The van der Waals surface area contributed by atoms with Gasteiger partial charge in [-0.25, -0.2) is 8.42 Å². The minimum absolute atomic E-state index is 0.246. The molecule has 2 N–H and O–H groups in total. The number of carbonyl (C=O) groups is 1. The van der Waals surface area contributed by atoms with Crippen molar-refractivity contribution in [1.82, 2.24) is 10.0 Å². The van der Waals surface area contributed by atoms with Gasteiger partial charge >= 0.3 is 0 Å². The van der Waals surface area contributed by atoms with Crippen molar-refractivity contribution in [2.75, 3.05) is 6.54 Å². The second-order valence-corrected chi connectivity index (χ2v) is 7.35. The summed E-state index contributed by atoms with van der Waals surface area (Å²) in [5.41, 5.74) is 3.35. The zero-order valence-electron chi connectivity index (χ0n) is 12.9. The second kappa shape index (κ2) is 5.77. The molecular formula is C15H22N2O3S. The summed E-state index contributed by atoms with van der Waals surface area (Å²) in [6.07, 6.45) is 1.32. The number of hydrogen-bond donors (Lipinski definition) is 2. The van der Waals surface area contributed by atoms with Gasteiger partial charge in [0.2, 0.25) is 15.9 Å². The summed E-state index contributed by atoms with van der Waals surface area (Å²) in [4.78, 5) is 12.1. The fourth-order valence-electron chi connectivity index (χ4n) is 2.71. The predicted octanol–water partition coefficient (Wildman–Crippen LogP) is 1.48. The lowest BCUT2D eigenvalue weighted by molar-refractivity contribution is -0.124. The van der Waals surface area contributed by atoms with Crippen LogP contribution < -0.4 is 10.0 Å². The molecule has 1 aliphatic rings. The highest BCUT2D eigenvalue weighted by Gasteiger charge is 2.30. The van der Waals surface area contributed by atoms with Crippen molar-refractivity contribution in [3.63, 3.8) is 0 Å². The summed E-state index contributed by atoms with van der Waals surface area (Å²) < 4.78 is 28.0. The number of nitrogens with one attached hydrogen (secondary N) is 2. The first-order valence-electron chi connectivity index (χ1n) is 7.11. The molecule has 116 valence electrons. The van der Waals surface area contributed by atoms with Crippen molar-refractivity contribution in [2.45, 2.75) is 51.5 Å². The molecule has 1 aromatic rings. The fourth-order valence-corrected chi connectivity index (χ4v) is 4.56. The molecule has 0 unspecified atom stereocenters. The Morgan fingerprint density at radius 1 is 1.14 bits per heavy atom. The smallest absolute Gasteiger partial charge is 0.241 e. The number of sulfonamides is 1. The van der Waals surface area contributed by atoms with Gasteiger partial charge in [-0.1, -0.05) is 6.07 Å². The third-order valence-electron chi connectivity index (χ3n) is 4.15. The lowest BCUT2D eigenvalue weighted by atomic mass is 10.0. The molecule has 0 bridgehead atoms. The monoisotopic (exact) mass is 310 g/mol. The third-order valence-corrected chi connectivity index (χ3v) is 5.89. The van der Waals surface area contributed by atoms with Crippen LogP contribution in [0.2, 0.25) is 0 Å².